The summed E-state index contributed by atoms with van der Waals surface area (Å²) < 4.78 is 14.5. The monoisotopic (exact) mass is 337 g/mol. The van der Waals surface area contributed by atoms with Crippen molar-refractivity contribution in [2.75, 3.05) is 6.61 Å². The first-order valence-corrected chi connectivity index (χ1v) is 7.40. The van der Waals surface area contributed by atoms with Crippen molar-refractivity contribution in [2.24, 2.45) is 0 Å². The van der Waals surface area contributed by atoms with E-state index in [0.29, 0.717) is 22.1 Å². The highest BCUT2D eigenvalue weighted by atomic mass is 35.5. The van der Waals surface area contributed by atoms with E-state index < -0.39 is 0 Å². The maximum atomic E-state index is 13.0. The quantitative estimate of drug-likeness (QED) is 0.824. The maximum absolute atomic E-state index is 13.0. The Morgan fingerprint density at radius 3 is 2.74 bits per heavy atom. The highest BCUT2D eigenvalue weighted by molar-refractivity contribution is 6.31. The van der Waals surface area contributed by atoms with Crippen LogP contribution in [0.4, 0.5) is 4.39 Å². The van der Waals surface area contributed by atoms with Crippen molar-refractivity contribution in [1.29, 1.82) is 0 Å². The molecular weight excluding hydrogens is 321 g/mol. The Labute approximate surface area is 138 Å². The van der Waals surface area contributed by atoms with Gasteiger partial charge in [0.2, 0.25) is 5.91 Å². The minimum absolute atomic E-state index is 0.137. The molecule has 1 aromatic heterocycles. The van der Waals surface area contributed by atoms with Gasteiger partial charge in [0.05, 0.1) is 18.0 Å². The Morgan fingerprint density at radius 2 is 2.13 bits per heavy atom. The number of hydrogen-bond acceptors (Lipinski definition) is 3. The Bertz CT molecular complexity index is 726. The molecule has 0 radical (unpaired) electrons. The van der Waals surface area contributed by atoms with Gasteiger partial charge in [-0.2, -0.15) is 5.10 Å². The number of halogens is 2. The van der Waals surface area contributed by atoms with Crippen LogP contribution in [0.1, 0.15) is 18.2 Å². The van der Waals surface area contributed by atoms with Gasteiger partial charge in [0, 0.05) is 17.7 Å². The molecule has 5 nitrogen and oxygen atoms in total. The lowest BCUT2D eigenvalue weighted by Gasteiger charge is -2.07. The zero-order chi connectivity index (χ0) is 17.0. The molecule has 0 fully saturated rings. The fraction of sp³-hybridized carbons (Fsp3) is 0.250. The molecule has 122 valence electrons. The van der Waals surface area contributed by atoms with Gasteiger partial charge < -0.3 is 10.4 Å². The molecule has 0 bridgehead atoms. The lowest BCUT2D eigenvalue weighted by Crippen LogP contribution is -2.33. The lowest BCUT2D eigenvalue weighted by atomic mass is 10.2. The Kier molecular flexibility index (Phi) is 5.52. The summed E-state index contributed by atoms with van der Waals surface area (Å²) in [6.45, 7) is 3.32. The molecule has 1 atom stereocenters. The second-order valence-corrected chi connectivity index (χ2v) is 5.46. The number of aliphatic hydroxyl groups excluding tert-OH is 1. The standard InChI is InChI=1S/C16H17ClFN3O2/c1-10(9-22)19-15(23)8-7-14-11(2)20-21(16(14)17)13-5-3-12(18)4-6-13/h3-8,10,22H,9H2,1-2H3,(H,19,23)/b8-7+. The van der Waals surface area contributed by atoms with Gasteiger partial charge in [-0.25, -0.2) is 9.07 Å². The van der Waals surface area contributed by atoms with Crippen molar-refractivity contribution in [3.05, 3.63) is 52.6 Å². The molecule has 0 aliphatic rings. The molecular formula is C16H17ClFN3O2. The Morgan fingerprint density at radius 1 is 1.48 bits per heavy atom. The molecule has 1 unspecified atom stereocenters. The smallest absolute Gasteiger partial charge is 0.244 e. The Hall–Kier alpha value is -2.18. The minimum atomic E-state index is -0.344. The van der Waals surface area contributed by atoms with Crippen LogP contribution in [0.15, 0.2) is 30.3 Å². The van der Waals surface area contributed by atoms with Crippen molar-refractivity contribution in [3.8, 4) is 5.69 Å². The molecule has 0 spiro atoms. The number of carbonyl (C=O) groups excluding carboxylic acids is 1. The second kappa shape index (κ2) is 7.39. The minimum Gasteiger partial charge on any atom is -0.394 e. The van der Waals surface area contributed by atoms with Crippen LogP contribution < -0.4 is 5.32 Å². The summed E-state index contributed by atoms with van der Waals surface area (Å²) >= 11 is 6.30. The number of rotatable bonds is 5. The van der Waals surface area contributed by atoms with E-state index in [1.165, 1.54) is 22.9 Å². The third-order valence-electron chi connectivity index (χ3n) is 3.18. The zero-order valence-corrected chi connectivity index (χ0v) is 13.5. The largest absolute Gasteiger partial charge is 0.394 e. The molecule has 23 heavy (non-hydrogen) atoms. The van der Waals surface area contributed by atoms with Crippen molar-refractivity contribution in [1.82, 2.24) is 15.1 Å². The van der Waals surface area contributed by atoms with E-state index in [1.54, 1.807) is 32.1 Å². The lowest BCUT2D eigenvalue weighted by molar-refractivity contribution is -0.117. The van der Waals surface area contributed by atoms with Gasteiger partial charge in [-0.05, 0) is 44.2 Å². The molecule has 2 aromatic rings. The van der Waals surface area contributed by atoms with Gasteiger partial charge in [0.15, 0.2) is 0 Å². The van der Waals surface area contributed by atoms with Crippen LogP contribution in [0.2, 0.25) is 5.15 Å². The first-order chi connectivity index (χ1) is 10.9. The van der Waals surface area contributed by atoms with Crippen LogP contribution in [0.25, 0.3) is 11.8 Å². The van der Waals surface area contributed by atoms with E-state index in [4.69, 9.17) is 16.7 Å². The second-order valence-electron chi connectivity index (χ2n) is 5.10. The van der Waals surface area contributed by atoms with Gasteiger partial charge in [-0.3, -0.25) is 4.79 Å². The summed E-state index contributed by atoms with van der Waals surface area (Å²) in [4.78, 5) is 11.7. The topological polar surface area (TPSA) is 67.2 Å². The fourth-order valence-electron chi connectivity index (χ4n) is 1.95. The van der Waals surface area contributed by atoms with E-state index in [2.05, 4.69) is 10.4 Å². The molecule has 2 N–H and O–H groups in total. The molecule has 0 saturated heterocycles. The highest BCUT2D eigenvalue weighted by Crippen LogP contribution is 2.24. The number of aryl methyl sites for hydroxylation is 1. The number of nitrogens with one attached hydrogen (secondary N) is 1. The molecule has 1 amide bonds. The Balaban J connectivity index is 2.24. The molecule has 2 rings (SSSR count). The van der Waals surface area contributed by atoms with E-state index in [-0.39, 0.29) is 24.4 Å². The summed E-state index contributed by atoms with van der Waals surface area (Å²) in [5.74, 6) is -0.680. The maximum Gasteiger partial charge on any atom is 0.244 e. The average Bonchev–Trinajstić information content (AvgIpc) is 2.80. The number of nitrogens with zero attached hydrogens (tertiary/aromatic N) is 2. The number of carbonyl (C=O) groups is 1. The molecule has 7 heteroatoms. The van der Waals surface area contributed by atoms with Crippen LogP contribution >= 0.6 is 11.6 Å². The molecule has 0 saturated carbocycles. The number of hydrogen-bond donors (Lipinski definition) is 2. The third-order valence-corrected chi connectivity index (χ3v) is 3.55. The number of aliphatic hydroxyl groups is 1. The number of benzene rings is 1. The van der Waals surface area contributed by atoms with E-state index in [9.17, 15) is 9.18 Å². The van der Waals surface area contributed by atoms with Crippen molar-refractivity contribution < 1.29 is 14.3 Å². The summed E-state index contributed by atoms with van der Waals surface area (Å²) in [7, 11) is 0. The highest BCUT2D eigenvalue weighted by Gasteiger charge is 2.13. The SMILES string of the molecule is Cc1nn(-c2ccc(F)cc2)c(Cl)c1/C=C/C(=O)NC(C)CO. The number of aromatic nitrogens is 2. The van der Waals surface area contributed by atoms with Crippen molar-refractivity contribution >= 4 is 23.6 Å². The van der Waals surface area contributed by atoms with E-state index >= 15 is 0 Å². The summed E-state index contributed by atoms with van der Waals surface area (Å²) in [5, 5.41) is 16.1. The first-order valence-electron chi connectivity index (χ1n) is 7.03. The van der Waals surface area contributed by atoms with E-state index in [0.717, 1.165) is 0 Å². The van der Waals surface area contributed by atoms with Crippen molar-refractivity contribution in [2.45, 2.75) is 19.9 Å². The molecule has 0 aliphatic carbocycles. The summed E-state index contributed by atoms with van der Waals surface area (Å²) in [6, 6.07) is 5.45. The molecule has 0 aliphatic heterocycles. The van der Waals surface area contributed by atoms with Gasteiger partial charge >= 0.3 is 0 Å². The van der Waals surface area contributed by atoms with E-state index in [1.807, 2.05) is 0 Å². The van der Waals surface area contributed by atoms with Crippen LogP contribution in [-0.4, -0.2) is 33.4 Å². The van der Waals surface area contributed by atoms with Crippen LogP contribution in [0.5, 0.6) is 0 Å². The van der Waals surface area contributed by atoms with Gasteiger partial charge in [-0.15, -0.1) is 0 Å². The van der Waals surface area contributed by atoms with Crippen LogP contribution in [0, 0.1) is 12.7 Å². The van der Waals surface area contributed by atoms with Crippen molar-refractivity contribution in [3.63, 3.8) is 0 Å². The van der Waals surface area contributed by atoms with Gasteiger partial charge in [-0.1, -0.05) is 11.6 Å². The fourth-order valence-corrected chi connectivity index (χ4v) is 2.28. The van der Waals surface area contributed by atoms with Crippen LogP contribution in [-0.2, 0) is 4.79 Å². The molecule has 1 heterocycles. The van der Waals surface area contributed by atoms with Gasteiger partial charge in [0.1, 0.15) is 11.0 Å². The first kappa shape index (κ1) is 17.2. The summed E-state index contributed by atoms with van der Waals surface area (Å²) in [5.41, 5.74) is 1.86. The summed E-state index contributed by atoms with van der Waals surface area (Å²) in [6.07, 6.45) is 2.89. The zero-order valence-electron chi connectivity index (χ0n) is 12.8. The predicted octanol–water partition coefficient (Wildman–Crippen LogP) is 2.48. The predicted molar refractivity (Wildman–Crippen MR) is 87.0 cm³/mol. The van der Waals surface area contributed by atoms with Crippen LogP contribution in [0.3, 0.4) is 0 Å². The third kappa shape index (κ3) is 4.18. The van der Waals surface area contributed by atoms with Gasteiger partial charge in [0.25, 0.3) is 0 Å². The normalized spacial score (nSPS) is 12.6. The molecule has 1 aromatic carbocycles. The average molecular weight is 338 g/mol. The number of amides is 1.